The van der Waals surface area contributed by atoms with Crippen molar-refractivity contribution in [3.05, 3.63) is 161 Å². The summed E-state index contributed by atoms with van der Waals surface area (Å²) in [6.45, 7) is 1.76. The van der Waals surface area contributed by atoms with E-state index in [0.29, 0.717) is 33.1 Å². The number of halogens is 2. The Hall–Kier alpha value is -6.26. The topological polar surface area (TPSA) is 119 Å². The predicted molar refractivity (Wildman–Crippen MR) is 211 cm³/mol. The van der Waals surface area contributed by atoms with Gasteiger partial charge in [0.25, 0.3) is 11.8 Å². The molecule has 9 rings (SSSR count). The molecule has 2 aliphatic heterocycles. The third kappa shape index (κ3) is 5.50. The lowest BCUT2D eigenvalue weighted by Gasteiger charge is -2.50. The van der Waals surface area contributed by atoms with Crippen LogP contribution in [0.15, 0.2) is 133 Å². The number of aryl methyl sites for hydroxylation is 1. The number of carbonyl (C=O) groups excluding carboxylic acids is 4. The molecule has 0 aromatic heterocycles. The van der Waals surface area contributed by atoms with E-state index in [1.807, 2.05) is 54.6 Å². The van der Waals surface area contributed by atoms with Crippen LogP contribution in [-0.4, -0.2) is 33.7 Å². The normalized spacial score (nSPS) is 25.4. The molecule has 0 radical (unpaired) electrons. The van der Waals surface area contributed by atoms with Crippen LogP contribution in [0.5, 0.6) is 5.75 Å². The van der Waals surface area contributed by atoms with Crippen molar-refractivity contribution in [3.8, 4) is 5.75 Å². The van der Waals surface area contributed by atoms with Gasteiger partial charge >= 0.3 is 0 Å². The Balaban J connectivity index is 1.15. The predicted octanol–water partition coefficient (Wildman–Crippen LogP) is 8.43. The van der Waals surface area contributed by atoms with Gasteiger partial charge in [0.05, 0.1) is 34.5 Å². The highest BCUT2D eigenvalue weighted by Crippen LogP contribution is 2.64. The van der Waals surface area contributed by atoms with E-state index in [2.05, 4.69) is 10.7 Å². The summed E-state index contributed by atoms with van der Waals surface area (Å²) < 4.78 is 13.9. The molecule has 6 atom stereocenters. The molecule has 9 nitrogen and oxygen atoms in total. The van der Waals surface area contributed by atoms with Gasteiger partial charge in [-0.05, 0) is 121 Å². The maximum absolute atomic E-state index is 15.3. The number of rotatable bonds is 7. The molecule has 2 aliphatic carbocycles. The summed E-state index contributed by atoms with van der Waals surface area (Å²) >= 11 is 6.39. The number of phenolic OH excluding ortho intramolecular Hbond substituents is 1. The van der Waals surface area contributed by atoms with Crippen LogP contribution in [0.25, 0.3) is 0 Å². The Labute approximate surface area is 327 Å². The molecule has 1 saturated carbocycles. The second kappa shape index (κ2) is 13.5. The molecule has 2 heterocycles. The molecule has 4 aliphatic rings. The van der Waals surface area contributed by atoms with Crippen LogP contribution in [0, 0.1) is 36.4 Å². The fraction of sp³-hybridized carbons (Fsp3) is 0.200. The van der Waals surface area contributed by atoms with Crippen LogP contribution in [0.2, 0.25) is 5.02 Å². The van der Waals surface area contributed by atoms with Gasteiger partial charge in [0.15, 0.2) is 0 Å². The minimum atomic E-state index is -1.51. The van der Waals surface area contributed by atoms with Crippen molar-refractivity contribution in [1.29, 1.82) is 0 Å². The second-order valence-electron chi connectivity index (χ2n) is 15.0. The third-order valence-corrected chi connectivity index (χ3v) is 12.3. The third-order valence-electron chi connectivity index (χ3n) is 12.0. The molecule has 3 N–H and O–H groups in total. The van der Waals surface area contributed by atoms with Gasteiger partial charge < -0.3 is 10.4 Å². The summed E-state index contributed by atoms with van der Waals surface area (Å²) in [5.41, 5.74) is 6.53. The van der Waals surface area contributed by atoms with E-state index >= 15 is 4.79 Å². The fourth-order valence-corrected chi connectivity index (χ4v) is 9.65. The van der Waals surface area contributed by atoms with E-state index in [9.17, 15) is 23.9 Å². The van der Waals surface area contributed by atoms with Crippen molar-refractivity contribution in [2.75, 3.05) is 15.6 Å². The van der Waals surface area contributed by atoms with Crippen molar-refractivity contribution in [3.63, 3.8) is 0 Å². The average molecular weight is 767 g/mol. The fourth-order valence-electron chi connectivity index (χ4n) is 9.52. The number of imide groups is 2. The number of nitrogens with zero attached hydrogens (tertiary/aromatic N) is 2. The van der Waals surface area contributed by atoms with Gasteiger partial charge in [-0.2, -0.15) is 5.01 Å². The zero-order chi connectivity index (χ0) is 38.9. The summed E-state index contributed by atoms with van der Waals surface area (Å²) in [7, 11) is 0. The lowest BCUT2D eigenvalue weighted by Crippen LogP contribution is -2.53. The molecule has 0 bridgehead atoms. The molecule has 3 fully saturated rings. The monoisotopic (exact) mass is 766 g/mol. The molecular weight excluding hydrogens is 731 g/mol. The minimum absolute atomic E-state index is 0.0708. The van der Waals surface area contributed by atoms with Gasteiger partial charge in [-0.25, -0.2) is 4.39 Å². The van der Waals surface area contributed by atoms with Crippen LogP contribution in [-0.2, 0) is 24.6 Å². The maximum Gasteiger partial charge on any atom is 0.260 e. The van der Waals surface area contributed by atoms with Gasteiger partial charge in [-0.1, -0.05) is 65.7 Å². The number of phenols is 1. The Kier molecular flexibility index (Phi) is 8.54. The number of para-hydroxylation sites is 1. The summed E-state index contributed by atoms with van der Waals surface area (Å²) in [6.07, 6.45) is 2.37. The lowest BCUT2D eigenvalue weighted by molar-refractivity contribution is -0.138. The molecule has 0 spiro atoms. The molecule has 11 heteroatoms. The Morgan fingerprint density at radius 1 is 0.768 bits per heavy atom. The number of aromatic hydroxyl groups is 1. The minimum Gasteiger partial charge on any atom is -0.508 e. The van der Waals surface area contributed by atoms with E-state index in [1.54, 1.807) is 55.5 Å². The standard InChI is InChI=1S/C45H36ClFN4O5/c1-25-23-26(7-22-38(25)52)40-34-20-21-35-39(43(55)50(41(35)53)33-18-16-31(17-19-33)48-30-5-3-2-4-6-30)36(34)24-37-42(54)51(49-32-14-12-29(47)13-15-32)44(56)45(37,40)27-8-10-28(46)11-9-27/h2-20,22-23,35-37,39-40,48-49,52H,21,24H2,1H3/t35-,36+,37-,39-,40-,45+/m0/s1. The van der Waals surface area contributed by atoms with Gasteiger partial charge in [0, 0.05) is 22.3 Å². The summed E-state index contributed by atoms with van der Waals surface area (Å²) in [5, 5.41) is 15.4. The average Bonchev–Trinajstić information content (AvgIpc) is 3.58. The molecule has 56 heavy (non-hydrogen) atoms. The van der Waals surface area contributed by atoms with Crippen molar-refractivity contribution >= 4 is 58.0 Å². The number of hydrogen-bond acceptors (Lipinski definition) is 7. The molecule has 2 saturated heterocycles. The van der Waals surface area contributed by atoms with E-state index in [4.69, 9.17) is 11.6 Å². The largest absolute Gasteiger partial charge is 0.508 e. The van der Waals surface area contributed by atoms with E-state index in [1.165, 1.54) is 29.2 Å². The number of carbonyl (C=O) groups is 4. The highest BCUT2D eigenvalue weighted by atomic mass is 35.5. The Morgan fingerprint density at radius 3 is 2.14 bits per heavy atom. The zero-order valence-corrected chi connectivity index (χ0v) is 30.9. The van der Waals surface area contributed by atoms with E-state index in [0.717, 1.165) is 22.0 Å². The SMILES string of the molecule is Cc1cc([C@H]2C3=CC[C@@H]4C(=O)N(c5ccc(Nc6ccccc6)cc5)C(=O)[C@@H]4[C@@H]3C[C@H]3C(=O)N(Nc4ccc(F)cc4)C(=O)[C@@]23c2ccc(Cl)cc2)ccc1O. The van der Waals surface area contributed by atoms with Gasteiger partial charge in [0.2, 0.25) is 11.8 Å². The lowest BCUT2D eigenvalue weighted by atomic mass is 9.49. The number of anilines is 4. The molecular formula is C45H36ClFN4O5. The highest BCUT2D eigenvalue weighted by molar-refractivity contribution is 6.30. The number of hydrazine groups is 1. The summed E-state index contributed by atoms with van der Waals surface area (Å²) in [6, 6.07) is 34.2. The summed E-state index contributed by atoms with van der Waals surface area (Å²) in [4.78, 5) is 60.3. The number of hydrogen-bond donors (Lipinski definition) is 3. The zero-order valence-electron chi connectivity index (χ0n) is 30.2. The number of amides is 4. The van der Waals surface area contributed by atoms with Crippen molar-refractivity contribution < 1.29 is 28.7 Å². The maximum atomic E-state index is 15.3. The molecule has 280 valence electrons. The van der Waals surface area contributed by atoms with Crippen LogP contribution >= 0.6 is 11.6 Å². The number of fused-ring (bicyclic) bond motifs is 4. The summed E-state index contributed by atoms with van der Waals surface area (Å²) in [5.74, 6) is -5.85. The molecule has 0 unspecified atom stereocenters. The van der Waals surface area contributed by atoms with Gasteiger partial charge in [-0.3, -0.25) is 29.5 Å². The molecule has 4 amide bonds. The number of allylic oxidation sites excluding steroid dienone is 2. The van der Waals surface area contributed by atoms with Crippen LogP contribution in [0.3, 0.4) is 0 Å². The molecule has 5 aromatic carbocycles. The highest BCUT2D eigenvalue weighted by Gasteiger charge is 2.70. The van der Waals surface area contributed by atoms with Crippen molar-refractivity contribution in [2.45, 2.75) is 31.1 Å². The Morgan fingerprint density at radius 2 is 1.45 bits per heavy atom. The van der Waals surface area contributed by atoms with Crippen LogP contribution in [0.4, 0.5) is 27.1 Å². The van der Waals surface area contributed by atoms with E-state index in [-0.39, 0.29) is 30.4 Å². The number of nitrogens with one attached hydrogen (secondary N) is 2. The van der Waals surface area contributed by atoms with Crippen LogP contribution in [0.1, 0.15) is 35.4 Å². The second-order valence-corrected chi connectivity index (χ2v) is 15.4. The first-order valence-electron chi connectivity index (χ1n) is 18.5. The van der Waals surface area contributed by atoms with Crippen LogP contribution < -0.4 is 15.6 Å². The first-order valence-corrected chi connectivity index (χ1v) is 18.9. The number of benzene rings is 5. The van der Waals surface area contributed by atoms with Gasteiger partial charge in [-0.15, -0.1) is 0 Å². The van der Waals surface area contributed by atoms with E-state index < -0.39 is 52.6 Å². The molecule has 5 aromatic rings. The first-order chi connectivity index (χ1) is 27.1. The quantitative estimate of drug-likeness (QED) is 0.112. The van der Waals surface area contributed by atoms with Crippen molar-refractivity contribution in [2.24, 2.45) is 23.7 Å². The smallest absolute Gasteiger partial charge is 0.260 e. The first kappa shape index (κ1) is 35.4. The van der Waals surface area contributed by atoms with Gasteiger partial charge in [0.1, 0.15) is 11.6 Å². The van der Waals surface area contributed by atoms with Crippen molar-refractivity contribution in [1.82, 2.24) is 5.01 Å². The Bertz CT molecular complexity index is 2440.